The number of carbonyl (C=O) groups excluding carboxylic acids is 2. The van der Waals surface area contributed by atoms with Gasteiger partial charge >= 0.3 is 5.97 Å². The van der Waals surface area contributed by atoms with Crippen LogP contribution in [0, 0.1) is 13.8 Å². The molecule has 0 fully saturated rings. The molecule has 0 unspecified atom stereocenters. The number of hydrogen-bond donors (Lipinski definition) is 2. The van der Waals surface area contributed by atoms with Crippen molar-refractivity contribution in [3.05, 3.63) is 59.0 Å². The molecule has 1 amide bonds. The van der Waals surface area contributed by atoms with Gasteiger partial charge in [-0.25, -0.2) is 4.79 Å². The second-order valence-corrected chi connectivity index (χ2v) is 7.37. The Morgan fingerprint density at radius 1 is 1.17 bits per heavy atom. The smallest absolute Gasteiger partial charge is 0.340 e. The third-order valence-electron chi connectivity index (χ3n) is 4.67. The highest BCUT2D eigenvalue weighted by molar-refractivity contribution is 6.00. The minimum atomic E-state index is -0.424. The number of nitrogens with zero attached hydrogens (tertiary/aromatic N) is 1. The number of hydrogen-bond acceptors (Lipinski definition) is 5. The van der Waals surface area contributed by atoms with Crippen molar-refractivity contribution in [1.29, 1.82) is 0 Å². The van der Waals surface area contributed by atoms with Crippen molar-refractivity contribution in [3.63, 3.8) is 0 Å². The van der Waals surface area contributed by atoms with Crippen LogP contribution < -0.4 is 10.1 Å². The number of aromatic amines is 1. The van der Waals surface area contributed by atoms with E-state index in [1.54, 1.807) is 33.9 Å². The lowest BCUT2D eigenvalue weighted by Gasteiger charge is -2.09. The topological polar surface area (TPSA) is 93.3 Å². The SMILES string of the molecule is Cc1[nH]c(C(=O)NCCCOc2cccc3cccnc23)c(C)c1C(=O)OC(C)C. The Kier molecular flexibility index (Phi) is 6.72. The van der Waals surface area contributed by atoms with E-state index in [-0.39, 0.29) is 12.0 Å². The number of aryl methyl sites for hydroxylation is 1. The van der Waals surface area contributed by atoms with Crippen LogP contribution in [0.5, 0.6) is 5.75 Å². The van der Waals surface area contributed by atoms with Gasteiger partial charge in [-0.15, -0.1) is 0 Å². The van der Waals surface area contributed by atoms with Gasteiger partial charge in [-0.3, -0.25) is 9.78 Å². The van der Waals surface area contributed by atoms with E-state index in [1.165, 1.54) is 0 Å². The highest BCUT2D eigenvalue weighted by Crippen LogP contribution is 2.23. The zero-order chi connectivity index (χ0) is 21.7. The van der Waals surface area contributed by atoms with Gasteiger partial charge in [0, 0.05) is 23.8 Å². The number of fused-ring (bicyclic) bond motifs is 1. The molecule has 0 saturated carbocycles. The number of aromatic nitrogens is 2. The van der Waals surface area contributed by atoms with Gasteiger partial charge < -0.3 is 19.8 Å². The van der Waals surface area contributed by atoms with E-state index in [2.05, 4.69) is 15.3 Å². The number of carbonyl (C=O) groups is 2. The third kappa shape index (κ3) is 4.79. The summed E-state index contributed by atoms with van der Waals surface area (Å²) in [7, 11) is 0. The van der Waals surface area contributed by atoms with Crippen molar-refractivity contribution in [2.45, 2.75) is 40.2 Å². The van der Waals surface area contributed by atoms with Gasteiger partial charge in [0.25, 0.3) is 5.91 Å². The fraction of sp³-hybridized carbons (Fsp3) is 0.348. The summed E-state index contributed by atoms with van der Waals surface area (Å²) in [5, 5.41) is 3.89. The molecule has 1 aromatic carbocycles. The standard InChI is InChI=1S/C23H27N3O4/c1-14(2)30-23(28)19-15(3)20(26-16(19)4)22(27)25-12-7-13-29-18-10-5-8-17-9-6-11-24-21(17)18/h5-6,8-11,14,26H,7,12-13H2,1-4H3,(H,25,27). The highest BCUT2D eigenvalue weighted by Gasteiger charge is 2.23. The Hall–Kier alpha value is -3.35. The maximum Gasteiger partial charge on any atom is 0.340 e. The molecule has 0 atom stereocenters. The lowest BCUT2D eigenvalue weighted by molar-refractivity contribution is 0.0376. The molecule has 0 aliphatic rings. The molecule has 0 bridgehead atoms. The lowest BCUT2D eigenvalue weighted by Crippen LogP contribution is -2.26. The summed E-state index contributed by atoms with van der Waals surface area (Å²) in [6, 6.07) is 9.68. The van der Waals surface area contributed by atoms with Crippen molar-refractivity contribution in [2.75, 3.05) is 13.2 Å². The van der Waals surface area contributed by atoms with Crippen molar-refractivity contribution in [1.82, 2.24) is 15.3 Å². The largest absolute Gasteiger partial charge is 0.491 e. The zero-order valence-electron chi connectivity index (χ0n) is 17.7. The lowest BCUT2D eigenvalue weighted by atomic mass is 10.1. The highest BCUT2D eigenvalue weighted by atomic mass is 16.5. The molecule has 0 saturated heterocycles. The van der Waals surface area contributed by atoms with Crippen LogP contribution in [-0.2, 0) is 4.74 Å². The van der Waals surface area contributed by atoms with Crippen LogP contribution in [-0.4, -0.2) is 41.1 Å². The van der Waals surface area contributed by atoms with Crippen LogP contribution in [0.3, 0.4) is 0 Å². The number of amides is 1. The molecule has 158 valence electrons. The normalized spacial score (nSPS) is 11.0. The fourth-order valence-corrected chi connectivity index (χ4v) is 3.29. The molecule has 0 aliphatic carbocycles. The predicted molar refractivity (Wildman–Crippen MR) is 115 cm³/mol. The summed E-state index contributed by atoms with van der Waals surface area (Å²) in [5.74, 6) is 0.0435. The monoisotopic (exact) mass is 409 g/mol. The summed E-state index contributed by atoms with van der Waals surface area (Å²) < 4.78 is 11.1. The molecular weight excluding hydrogens is 382 g/mol. The van der Waals surface area contributed by atoms with Gasteiger partial charge in [0.05, 0.1) is 18.3 Å². The molecular formula is C23H27N3O4. The molecule has 7 nitrogen and oxygen atoms in total. The van der Waals surface area contributed by atoms with Gasteiger partial charge in [0.1, 0.15) is 17.0 Å². The summed E-state index contributed by atoms with van der Waals surface area (Å²) >= 11 is 0. The van der Waals surface area contributed by atoms with E-state index in [0.29, 0.717) is 42.1 Å². The number of ether oxygens (including phenoxy) is 2. The maximum absolute atomic E-state index is 12.5. The summed E-state index contributed by atoms with van der Waals surface area (Å²) in [4.78, 5) is 32.2. The van der Waals surface area contributed by atoms with E-state index >= 15 is 0 Å². The minimum Gasteiger partial charge on any atom is -0.491 e. The predicted octanol–water partition coefficient (Wildman–Crippen LogP) is 3.94. The summed E-state index contributed by atoms with van der Waals surface area (Å²) in [5.41, 5.74) is 2.83. The Balaban J connectivity index is 1.53. The Labute approximate surface area is 175 Å². The number of para-hydroxylation sites is 1. The van der Waals surface area contributed by atoms with Crippen LogP contribution >= 0.6 is 0 Å². The quantitative estimate of drug-likeness (QED) is 0.434. The first-order valence-corrected chi connectivity index (χ1v) is 10.0. The van der Waals surface area contributed by atoms with Crippen LogP contribution in [0.25, 0.3) is 10.9 Å². The molecule has 7 heteroatoms. The molecule has 0 aliphatic heterocycles. The summed E-state index contributed by atoms with van der Waals surface area (Å²) in [6.45, 7) is 7.97. The van der Waals surface area contributed by atoms with Crippen LogP contribution in [0.15, 0.2) is 36.5 Å². The number of nitrogens with one attached hydrogen (secondary N) is 2. The number of benzene rings is 1. The average Bonchev–Trinajstić information content (AvgIpc) is 3.01. The summed E-state index contributed by atoms with van der Waals surface area (Å²) in [6.07, 6.45) is 2.15. The van der Waals surface area contributed by atoms with Gasteiger partial charge in [-0.1, -0.05) is 18.2 Å². The zero-order valence-corrected chi connectivity index (χ0v) is 17.7. The van der Waals surface area contributed by atoms with E-state index in [9.17, 15) is 9.59 Å². The van der Waals surface area contributed by atoms with Crippen LogP contribution in [0.1, 0.15) is 52.4 Å². The van der Waals surface area contributed by atoms with E-state index < -0.39 is 5.97 Å². The number of H-pyrrole nitrogens is 1. The molecule has 2 heterocycles. The van der Waals surface area contributed by atoms with Gasteiger partial charge in [-0.05, 0) is 51.8 Å². The van der Waals surface area contributed by atoms with E-state index in [4.69, 9.17) is 9.47 Å². The van der Waals surface area contributed by atoms with Crippen LogP contribution in [0.4, 0.5) is 0 Å². The third-order valence-corrected chi connectivity index (χ3v) is 4.67. The first-order chi connectivity index (χ1) is 14.4. The van der Waals surface area contributed by atoms with Crippen molar-refractivity contribution in [2.24, 2.45) is 0 Å². The van der Waals surface area contributed by atoms with Gasteiger partial charge in [0.2, 0.25) is 0 Å². The second kappa shape index (κ2) is 9.43. The Morgan fingerprint density at radius 2 is 1.93 bits per heavy atom. The Morgan fingerprint density at radius 3 is 2.70 bits per heavy atom. The number of rotatable bonds is 8. The van der Waals surface area contributed by atoms with Crippen molar-refractivity contribution >= 4 is 22.8 Å². The van der Waals surface area contributed by atoms with E-state index in [1.807, 2.05) is 30.3 Å². The number of esters is 1. The average molecular weight is 409 g/mol. The fourth-order valence-electron chi connectivity index (χ4n) is 3.29. The van der Waals surface area contributed by atoms with E-state index in [0.717, 1.165) is 16.7 Å². The Bertz CT molecular complexity index is 1050. The van der Waals surface area contributed by atoms with Crippen molar-refractivity contribution in [3.8, 4) is 5.75 Å². The van der Waals surface area contributed by atoms with Crippen LogP contribution in [0.2, 0.25) is 0 Å². The maximum atomic E-state index is 12.5. The second-order valence-electron chi connectivity index (χ2n) is 7.37. The molecule has 0 radical (unpaired) electrons. The molecule has 0 spiro atoms. The molecule has 30 heavy (non-hydrogen) atoms. The van der Waals surface area contributed by atoms with Gasteiger partial charge in [0.15, 0.2) is 0 Å². The van der Waals surface area contributed by atoms with Crippen molar-refractivity contribution < 1.29 is 19.1 Å². The minimum absolute atomic E-state index is 0.222. The first-order valence-electron chi connectivity index (χ1n) is 10.0. The molecule has 3 aromatic rings. The first kappa shape index (κ1) is 21.4. The van der Waals surface area contributed by atoms with Gasteiger partial charge in [-0.2, -0.15) is 0 Å². The molecule has 2 aromatic heterocycles. The molecule has 3 rings (SSSR count). The molecule has 2 N–H and O–H groups in total. The number of pyridine rings is 1.